The Balaban J connectivity index is 1.65. The fraction of sp³-hybridized carbons (Fsp3) is 0.467. The van der Waals surface area contributed by atoms with Crippen LogP contribution in [0.15, 0.2) is 18.3 Å². The Hall–Kier alpha value is -2.48. The molecule has 0 bridgehead atoms. The minimum Gasteiger partial charge on any atom is -0.388 e. The Kier molecular flexibility index (Phi) is 4.24. The molecule has 1 fully saturated rings. The second kappa shape index (κ2) is 6.33. The first-order chi connectivity index (χ1) is 11.1. The van der Waals surface area contributed by atoms with E-state index in [4.69, 9.17) is 5.73 Å². The van der Waals surface area contributed by atoms with Gasteiger partial charge in [0.1, 0.15) is 18.2 Å². The van der Waals surface area contributed by atoms with Gasteiger partial charge in [0.15, 0.2) is 5.82 Å². The van der Waals surface area contributed by atoms with Crippen molar-refractivity contribution in [2.45, 2.75) is 25.4 Å². The Labute approximate surface area is 134 Å². The van der Waals surface area contributed by atoms with Crippen LogP contribution in [0, 0.1) is 0 Å². The number of likely N-dealkylation sites (tertiary alicyclic amines) is 1. The number of aliphatic hydroxyl groups is 1. The van der Waals surface area contributed by atoms with E-state index in [-0.39, 0.29) is 18.4 Å². The van der Waals surface area contributed by atoms with Crippen molar-refractivity contribution in [2.75, 3.05) is 18.8 Å². The van der Waals surface area contributed by atoms with Gasteiger partial charge in [0, 0.05) is 32.3 Å². The van der Waals surface area contributed by atoms with Gasteiger partial charge in [-0.3, -0.25) is 4.79 Å². The lowest BCUT2D eigenvalue weighted by Gasteiger charge is -2.31. The van der Waals surface area contributed by atoms with Crippen LogP contribution in [0.2, 0.25) is 0 Å². The van der Waals surface area contributed by atoms with Crippen LogP contribution in [0.4, 0.5) is 5.82 Å². The summed E-state index contributed by atoms with van der Waals surface area (Å²) in [5.74, 6) is 2.07. The number of carbonyl (C=O) groups excluding carboxylic acids is 1. The number of pyridine rings is 1. The van der Waals surface area contributed by atoms with Crippen LogP contribution >= 0.6 is 0 Å². The quantitative estimate of drug-likeness (QED) is 0.843. The molecule has 0 aromatic carbocycles. The molecule has 8 heteroatoms. The van der Waals surface area contributed by atoms with Gasteiger partial charge in [-0.2, -0.15) is 0 Å². The number of anilines is 1. The maximum atomic E-state index is 12.5. The minimum absolute atomic E-state index is 0.0232. The molecule has 0 aliphatic carbocycles. The lowest BCUT2D eigenvalue weighted by atomic mass is 9.95. The zero-order valence-corrected chi connectivity index (χ0v) is 13.0. The van der Waals surface area contributed by atoms with Gasteiger partial charge in [0.2, 0.25) is 0 Å². The van der Waals surface area contributed by atoms with Crippen LogP contribution in [-0.2, 0) is 13.7 Å². The molecule has 1 amide bonds. The first kappa shape index (κ1) is 15.4. The topological polar surface area (TPSA) is 110 Å². The van der Waals surface area contributed by atoms with Crippen molar-refractivity contribution in [1.29, 1.82) is 0 Å². The number of aromatic nitrogens is 4. The van der Waals surface area contributed by atoms with E-state index in [0.29, 0.717) is 30.3 Å². The molecule has 122 valence electrons. The van der Waals surface area contributed by atoms with E-state index in [0.717, 1.165) is 18.7 Å². The fourth-order valence-electron chi connectivity index (χ4n) is 2.92. The first-order valence-electron chi connectivity index (χ1n) is 7.60. The summed E-state index contributed by atoms with van der Waals surface area (Å²) in [7, 11) is 1.86. The number of nitrogens with two attached hydrogens (primary N) is 1. The zero-order chi connectivity index (χ0) is 16.4. The molecule has 0 unspecified atom stereocenters. The summed E-state index contributed by atoms with van der Waals surface area (Å²) in [5, 5.41) is 17.4. The molecule has 0 spiro atoms. The van der Waals surface area contributed by atoms with E-state index in [9.17, 15) is 9.90 Å². The highest BCUT2D eigenvalue weighted by Crippen LogP contribution is 2.27. The molecule has 3 heterocycles. The lowest BCUT2D eigenvalue weighted by molar-refractivity contribution is 0.0710. The van der Waals surface area contributed by atoms with E-state index < -0.39 is 0 Å². The van der Waals surface area contributed by atoms with Crippen LogP contribution in [0.1, 0.15) is 40.8 Å². The van der Waals surface area contributed by atoms with E-state index in [1.165, 1.54) is 6.20 Å². The van der Waals surface area contributed by atoms with Crippen molar-refractivity contribution in [3.8, 4) is 0 Å². The molecule has 8 nitrogen and oxygen atoms in total. The monoisotopic (exact) mass is 316 g/mol. The van der Waals surface area contributed by atoms with Gasteiger partial charge >= 0.3 is 0 Å². The van der Waals surface area contributed by atoms with Gasteiger partial charge in [-0.05, 0) is 25.0 Å². The zero-order valence-electron chi connectivity index (χ0n) is 13.0. The summed E-state index contributed by atoms with van der Waals surface area (Å²) < 4.78 is 1.84. The van der Waals surface area contributed by atoms with Crippen molar-refractivity contribution < 1.29 is 9.90 Å². The Morgan fingerprint density at radius 3 is 2.65 bits per heavy atom. The number of hydrogen-bond acceptors (Lipinski definition) is 6. The van der Waals surface area contributed by atoms with Gasteiger partial charge in [-0.25, -0.2) is 4.98 Å². The highest BCUT2D eigenvalue weighted by molar-refractivity contribution is 5.94. The summed E-state index contributed by atoms with van der Waals surface area (Å²) in [6.45, 7) is 1.20. The molecule has 2 aromatic rings. The number of amides is 1. The van der Waals surface area contributed by atoms with Gasteiger partial charge in [0.05, 0.1) is 5.56 Å². The number of piperidine rings is 1. The summed E-state index contributed by atoms with van der Waals surface area (Å²) in [4.78, 5) is 18.2. The van der Waals surface area contributed by atoms with E-state index in [2.05, 4.69) is 15.2 Å². The molecule has 1 aliphatic rings. The summed E-state index contributed by atoms with van der Waals surface area (Å²) in [6, 6.07) is 3.34. The second-order valence-corrected chi connectivity index (χ2v) is 5.73. The third kappa shape index (κ3) is 3.02. The van der Waals surface area contributed by atoms with Crippen molar-refractivity contribution in [2.24, 2.45) is 7.05 Å². The third-order valence-electron chi connectivity index (χ3n) is 4.32. The molecule has 0 radical (unpaired) electrons. The molecule has 3 N–H and O–H groups in total. The van der Waals surface area contributed by atoms with Crippen molar-refractivity contribution in [3.05, 3.63) is 35.5 Å². The van der Waals surface area contributed by atoms with Gasteiger partial charge in [-0.15, -0.1) is 10.2 Å². The van der Waals surface area contributed by atoms with Crippen molar-refractivity contribution in [3.63, 3.8) is 0 Å². The number of aliphatic hydroxyl groups excluding tert-OH is 1. The number of nitrogens with zero attached hydrogens (tertiary/aromatic N) is 5. The van der Waals surface area contributed by atoms with Gasteiger partial charge in [-0.1, -0.05) is 0 Å². The van der Waals surface area contributed by atoms with Crippen LogP contribution in [-0.4, -0.2) is 48.8 Å². The third-order valence-corrected chi connectivity index (χ3v) is 4.32. The van der Waals surface area contributed by atoms with Crippen molar-refractivity contribution >= 4 is 11.7 Å². The average Bonchev–Trinajstić information content (AvgIpc) is 2.96. The number of nitrogen functional groups attached to an aromatic ring is 1. The second-order valence-electron chi connectivity index (χ2n) is 5.73. The molecule has 23 heavy (non-hydrogen) atoms. The molecule has 1 aliphatic heterocycles. The molecule has 0 saturated carbocycles. The predicted molar refractivity (Wildman–Crippen MR) is 83.5 cm³/mol. The predicted octanol–water partition coefficient (Wildman–Crippen LogP) is 0.304. The smallest absolute Gasteiger partial charge is 0.255 e. The molecule has 0 atom stereocenters. The molecular weight excluding hydrogens is 296 g/mol. The van der Waals surface area contributed by atoms with Crippen LogP contribution in [0.25, 0.3) is 0 Å². The van der Waals surface area contributed by atoms with Crippen LogP contribution in [0.3, 0.4) is 0 Å². The van der Waals surface area contributed by atoms with Crippen molar-refractivity contribution in [1.82, 2.24) is 24.6 Å². The maximum absolute atomic E-state index is 12.5. The van der Waals surface area contributed by atoms with Gasteiger partial charge < -0.3 is 20.3 Å². The number of rotatable bonds is 3. The highest BCUT2D eigenvalue weighted by Gasteiger charge is 2.27. The van der Waals surface area contributed by atoms with Gasteiger partial charge in [0.25, 0.3) is 5.91 Å². The van der Waals surface area contributed by atoms with E-state index in [1.54, 1.807) is 12.1 Å². The lowest BCUT2D eigenvalue weighted by Crippen LogP contribution is -2.38. The summed E-state index contributed by atoms with van der Waals surface area (Å²) >= 11 is 0. The molecular formula is C15H20N6O2. The average molecular weight is 316 g/mol. The van der Waals surface area contributed by atoms with E-state index in [1.807, 2.05) is 16.5 Å². The highest BCUT2D eigenvalue weighted by atomic mass is 16.3. The summed E-state index contributed by atoms with van der Waals surface area (Å²) in [6.07, 6.45) is 3.16. The normalized spacial score (nSPS) is 15.8. The largest absolute Gasteiger partial charge is 0.388 e. The van der Waals surface area contributed by atoms with Crippen LogP contribution in [0.5, 0.6) is 0 Å². The number of hydrogen-bond donors (Lipinski definition) is 2. The maximum Gasteiger partial charge on any atom is 0.255 e. The number of carbonyl (C=O) groups is 1. The minimum atomic E-state index is -0.120. The SMILES string of the molecule is Cn1c(CO)nnc1C1CCN(C(=O)c2ccc(N)nc2)CC1. The summed E-state index contributed by atoms with van der Waals surface area (Å²) in [5.41, 5.74) is 6.10. The Morgan fingerprint density at radius 2 is 2.09 bits per heavy atom. The Morgan fingerprint density at radius 1 is 1.35 bits per heavy atom. The molecule has 3 rings (SSSR count). The fourth-order valence-corrected chi connectivity index (χ4v) is 2.92. The Bertz CT molecular complexity index is 688. The van der Waals surface area contributed by atoms with E-state index >= 15 is 0 Å². The van der Waals surface area contributed by atoms with Crippen LogP contribution < -0.4 is 5.73 Å². The first-order valence-corrected chi connectivity index (χ1v) is 7.60. The molecule has 1 saturated heterocycles. The molecule has 2 aromatic heterocycles. The standard InChI is InChI=1S/C15H20N6O2/c1-20-13(9-22)18-19-14(20)10-4-6-21(7-5-10)15(23)11-2-3-12(16)17-8-11/h2-3,8,10,22H,4-7,9H2,1H3,(H2,16,17).